The molecular weight excluding hydrogens is 310 g/mol. The molecule has 19 heavy (non-hydrogen) atoms. The van der Waals surface area contributed by atoms with E-state index in [0.717, 1.165) is 13.2 Å². The van der Waals surface area contributed by atoms with Gasteiger partial charge in [0.1, 0.15) is 0 Å². The van der Waals surface area contributed by atoms with Gasteiger partial charge in [0, 0.05) is 24.5 Å². The van der Waals surface area contributed by atoms with Crippen molar-refractivity contribution in [3.8, 4) is 0 Å². The summed E-state index contributed by atoms with van der Waals surface area (Å²) < 4.78 is 15.8. The van der Waals surface area contributed by atoms with Crippen molar-refractivity contribution in [3.63, 3.8) is 0 Å². The first-order chi connectivity index (χ1) is 9.25. The third kappa shape index (κ3) is 7.61. The van der Waals surface area contributed by atoms with Gasteiger partial charge in [0.15, 0.2) is 0 Å². The summed E-state index contributed by atoms with van der Waals surface area (Å²) >= 11 is 3.80. The van der Waals surface area contributed by atoms with Gasteiger partial charge in [-0.05, 0) is 19.9 Å². The van der Waals surface area contributed by atoms with Gasteiger partial charge >= 0.3 is 0 Å². The van der Waals surface area contributed by atoms with E-state index in [1.807, 2.05) is 0 Å². The van der Waals surface area contributed by atoms with Gasteiger partial charge in [0.2, 0.25) is 0 Å². The largest absolute Gasteiger partial charge is 0.382 e. The van der Waals surface area contributed by atoms with Crippen molar-refractivity contribution in [2.24, 2.45) is 0 Å². The van der Waals surface area contributed by atoms with Crippen molar-refractivity contribution in [1.82, 2.24) is 4.90 Å². The van der Waals surface area contributed by atoms with Crippen LogP contribution in [0.3, 0.4) is 0 Å². The minimum atomic E-state index is 0.642. The molecule has 1 rings (SSSR count). The second-order valence-corrected chi connectivity index (χ2v) is 6.24. The number of ether oxygens (including phenoxy) is 3. The fourth-order valence-corrected chi connectivity index (χ4v) is 3.39. The first kappa shape index (κ1) is 17.4. The van der Waals surface area contributed by atoms with Crippen LogP contribution in [-0.2, 0) is 14.2 Å². The maximum atomic E-state index is 5.59. The van der Waals surface area contributed by atoms with Crippen LogP contribution in [0.5, 0.6) is 0 Å². The normalized spacial score (nSPS) is 24.0. The molecule has 4 nitrogen and oxygen atoms in total. The molecule has 5 heteroatoms. The first-order valence-corrected chi connectivity index (χ1v) is 8.16. The molecule has 0 amide bonds. The van der Waals surface area contributed by atoms with Crippen LogP contribution in [0.4, 0.5) is 0 Å². The molecular formula is C14H28BrNO3. The van der Waals surface area contributed by atoms with Crippen molar-refractivity contribution in [1.29, 1.82) is 0 Å². The molecule has 114 valence electrons. The second kappa shape index (κ2) is 11.0. The van der Waals surface area contributed by atoms with Gasteiger partial charge < -0.3 is 19.1 Å². The molecule has 0 heterocycles. The van der Waals surface area contributed by atoms with Crippen LogP contribution < -0.4 is 0 Å². The summed E-state index contributed by atoms with van der Waals surface area (Å²) in [5.41, 5.74) is 0. The Balaban J connectivity index is 1.96. The van der Waals surface area contributed by atoms with Crippen molar-refractivity contribution in [2.45, 2.75) is 36.6 Å². The van der Waals surface area contributed by atoms with E-state index in [9.17, 15) is 0 Å². The van der Waals surface area contributed by atoms with E-state index in [2.05, 4.69) is 27.9 Å². The van der Waals surface area contributed by atoms with E-state index in [4.69, 9.17) is 14.2 Å². The summed E-state index contributed by atoms with van der Waals surface area (Å²) in [6, 6.07) is 0.662. The standard InChI is InChI=1S/C14H28BrNO3/c1-16(14-6-4-3-5-13(14)15)7-8-18-11-12-19-10-9-17-2/h13-14H,3-12H2,1-2H3. The molecule has 0 aliphatic heterocycles. The zero-order valence-electron chi connectivity index (χ0n) is 12.3. The summed E-state index contributed by atoms with van der Waals surface area (Å²) in [5.74, 6) is 0. The van der Waals surface area contributed by atoms with Crippen LogP contribution in [0.25, 0.3) is 0 Å². The third-order valence-electron chi connectivity index (χ3n) is 3.61. The first-order valence-electron chi connectivity index (χ1n) is 7.24. The van der Waals surface area contributed by atoms with Crippen LogP contribution in [0.2, 0.25) is 0 Å². The quantitative estimate of drug-likeness (QED) is 0.452. The maximum Gasteiger partial charge on any atom is 0.0701 e. The van der Waals surface area contributed by atoms with Crippen LogP contribution in [0.15, 0.2) is 0 Å². The fourth-order valence-electron chi connectivity index (χ4n) is 2.40. The molecule has 0 N–H and O–H groups in total. The Morgan fingerprint density at radius 2 is 1.63 bits per heavy atom. The highest BCUT2D eigenvalue weighted by atomic mass is 79.9. The molecule has 1 aliphatic rings. The van der Waals surface area contributed by atoms with E-state index in [1.54, 1.807) is 7.11 Å². The lowest BCUT2D eigenvalue weighted by molar-refractivity contribution is 0.0178. The van der Waals surface area contributed by atoms with Gasteiger partial charge in [-0.3, -0.25) is 0 Å². The van der Waals surface area contributed by atoms with Crippen LogP contribution in [0, 0.1) is 0 Å². The molecule has 0 aromatic rings. The van der Waals surface area contributed by atoms with Gasteiger partial charge in [0.05, 0.1) is 33.0 Å². The average molecular weight is 338 g/mol. The van der Waals surface area contributed by atoms with Crippen molar-refractivity contribution in [2.75, 3.05) is 53.7 Å². The average Bonchev–Trinajstić information content (AvgIpc) is 2.42. The summed E-state index contributed by atoms with van der Waals surface area (Å²) in [4.78, 5) is 3.06. The highest BCUT2D eigenvalue weighted by molar-refractivity contribution is 9.09. The molecule has 2 atom stereocenters. The third-order valence-corrected chi connectivity index (χ3v) is 4.67. The summed E-state index contributed by atoms with van der Waals surface area (Å²) in [5, 5.41) is 0. The number of methoxy groups -OCH3 is 1. The monoisotopic (exact) mass is 337 g/mol. The van der Waals surface area contributed by atoms with Gasteiger partial charge in [0.25, 0.3) is 0 Å². The van der Waals surface area contributed by atoms with E-state index < -0.39 is 0 Å². The number of hydrogen-bond donors (Lipinski definition) is 0. The Morgan fingerprint density at radius 3 is 2.32 bits per heavy atom. The van der Waals surface area contributed by atoms with Gasteiger partial charge in [-0.1, -0.05) is 28.8 Å². The molecule has 0 saturated heterocycles. The number of alkyl halides is 1. The lowest BCUT2D eigenvalue weighted by atomic mass is 9.94. The Hall–Kier alpha value is 0.320. The molecule has 1 fully saturated rings. The lowest BCUT2D eigenvalue weighted by Gasteiger charge is -2.35. The van der Waals surface area contributed by atoms with Gasteiger partial charge in [-0.15, -0.1) is 0 Å². The van der Waals surface area contributed by atoms with Crippen LogP contribution >= 0.6 is 15.9 Å². The Bertz CT molecular complexity index is 219. The minimum absolute atomic E-state index is 0.642. The fraction of sp³-hybridized carbons (Fsp3) is 1.00. The van der Waals surface area contributed by atoms with E-state index in [1.165, 1.54) is 25.7 Å². The molecule has 0 bridgehead atoms. The predicted octanol–water partition coefficient (Wildman–Crippen LogP) is 2.30. The minimum Gasteiger partial charge on any atom is -0.382 e. The molecule has 1 saturated carbocycles. The van der Waals surface area contributed by atoms with Crippen molar-refractivity contribution in [3.05, 3.63) is 0 Å². The highest BCUT2D eigenvalue weighted by Gasteiger charge is 2.25. The smallest absolute Gasteiger partial charge is 0.0701 e. The Labute approximate surface area is 125 Å². The molecule has 0 radical (unpaired) electrons. The SMILES string of the molecule is COCCOCCOCCN(C)C1CCCCC1Br. The zero-order valence-corrected chi connectivity index (χ0v) is 13.9. The van der Waals surface area contributed by atoms with E-state index >= 15 is 0 Å². The Morgan fingerprint density at radius 1 is 1.00 bits per heavy atom. The second-order valence-electron chi connectivity index (χ2n) is 5.07. The van der Waals surface area contributed by atoms with Gasteiger partial charge in [-0.2, -0.15) is 0 Å². The summed E-state index contributed by atoms with van der Waals surface area (Å²) in [6.07, 6.45) is 5.30. The number of halogens is 1. The molecule has 2 unspecified atom stereocenters. The summed E-state index contributed by atoms with van der Waals surface area (Å²) in [7, 11) is 3.88. The number of hydrogen-bond acceptors (Lipinski definition) is 4. The van der Waals surface area contributed by atoms with E-state index in [0.29, 0.717) is 37.3 Å². The molecule has 0 aromatic heterocycles. The Kier molecular flexibility index (Phi) is 10.1. The highest BCUT2D eigenvalue weighted by Crippen LogP contribution is 2.27. The number of rotatable bonds is 10. The van der Waals surface area contributed by atoms with Crippen LogP contribution in [-0.4, -0.2) is 69.5 Å². The van der Waals surface area contributed by atoms with Crippen molar-refractivity contribution < 1.29 is 14.2 Å². The van der Waals surface area contributed by atoms with Crippen LogP contribution in [0.1, 0.15) is 25.7 Å². The maximum absolute atomic E-state index is 5.59. The van der Waals surface area contributed by atoms with Gasteiger partial charge in [-0.25, -0.2) is 0 Å². The molecule has 0 aromatic carbocycles. The lowest BCUT2D eigenvalue weighted by Crippen LogP contribution is -2.42. The topological polar surface area (TPSA) is 30.9 Å². The zero-order chi connectivity index (χ0) is 13.9. The number of likely N-dealkylation sites (N-methyl/N-ethyl adjacent to an activating group) is 1. The molecule has 1 aliphatic carbocycles. The van der Waals surface area contributed by atoms with E-state index in [-0.39, 0.29) is 0 Å². The number of nitrogens with zero attached hydrogens (tertiary/aromatic N) is 1. The molecule has 0 spiro atoms. The summed E-state index contributed by atoms with van der Waals surface area (Å²) in [6.45, 7) is 4.38. The predicted molar refractivity (Wildman–Crippen MR) is 81.1 cm³/mol. The van der Waals surface area contributed by atoms with Crippen molar-refractivity contribution >= 4 is 15.9 Å².